The minimum absolute atomic E-state index is 0.194. The van der Waals surface area contributed by atoms with E-state index >= 15 is 0 Å². The van der Waals surface area contributed by atoms with Crippen LogP contribution in [0.2, 0.25) is 5.02 Å². The van der Waals surface area contributed by atoms with Crippen LogP contribution in [0.15, 0.2) is 29.6 Å². The average molecular weight is 411 g/mol. The lowest BCUT2D eigenvalue weighted by Crippen LogP contribution is -2.48. The fourth-order valence-electron chi connectivity index (χ4n) is 2.97. The molecule has 1 aliphatic heterocycles. The molecule has 1 aromatic carbocycles. The summed E-state index contributed by atoms with van der Waals surface area (Å²) in [7, 11) is 1.57. The maximum absolute atomic E-state index is 13.5. The van der Waals surface area contributed by atoms with Crippen LogP contribution in [0.1, 0.15) is 16.1 Å². The van der Waals surface area contributed by atoms with Crippen LogP contribution in [0.5, 0.6) is 5.75 Å². The van der Waals surface area contributed by atoms with Crippen LogP contribution in [0.3, 0.4) is 0 Å². The van der Waals surface area contributed by atoms with Crippen molar-refractivity contribution >= 4 is 29.3 Å². The lowest BCUT2D eigenvalue weighted by molar-refractivity contribution is 0.0620. The van der Waals surface area contributed by atoms with Crippen molar-refractivity contribution in [2.75, 3.05) is 39.5 Å². The fourth-order valence-corrected chi connectivity index (χ4v) is 3.48. The van der Waals surface area contributed by atoms with E-state index in [4.69, 9.17) is 16.3 Å². The Morgan fingerprint density at radius 2 is 2.07 bits per heavy atom. The van der Waals surface area contributed by atoms with E-state index in [0.29, 0.717) is 43.6 Å². The maximum atomic E-state index is 13.5. The zero-order chi connectivity index (χ0) is 19.4. The highest BCUT2D eigenvalue weighted by Gasteiger charge is 2.25. The second kappa shape index (κ2) is 8.86. The summed E-state index contributed by atoms with van der Waals surface area (Å²) in [4.78, 5) is 25.0. The van der Waals surface area contributed by atoms with Gasteiger partial charge in [-0.1, -0.05) is 23.4 Å². The molecule has 0 aliphatic carbocycles. The van der Waals surface area contributed by atoms with E-state index in [2.05, 4.69) is 14.9 Å². The number of aromatic nitrogens is 2. The van der Waals surface area contributed by atoms with Crippen LogP contribution in [0, 0.1) is 5.82 Å². The van der Waals surface area contributed by atoms with E-state index in [0.717, 1.165) is 5.56 Å². The first-order chi connectivity index (χ1) is 13.0. The zero-order valence-electron chi connectivity index (χ0n) is 15.1. The Labute approximate surface area is 166 Å². The molecule has 0 atom stereocenters. The molecule has 1 aromatic heterocycles. The number of methoxy groups -OCH3 is 1. The fraction of sp³-hybridized carbons (Fsp3) is 0.389. The van der Waals surface area contributed by atoms with Gasteiger partial charge in [0.2, 0.25) is 0 Å². The molecular formula is C18H20ClFN4O2S. The number of carbonyl (C=O) groups is 1. The minimum Gasteiger partial charge on any atom is -0.496 e. The molecule has 2 aromatic rings. The van der Waals surface area contributed by atoms with E-state index in [9.17, 15) is 9.18 Å². The standard InChI is InChI=1S/C18H20ClFN4O2S/c1-26-15-4-3-13(20)9-12(15)11-23-5-7-24(8-6-23)17(25)16-14(19)10-21-18(22-16)27-2/h3-4,9-10H,5-8,11H2,1-2H3. The molecule has 1 saturated heterocycles. The van der Waals surface area contributed by atoms with Gasteiger partial charge in [-0.05, 0) is 24.5 Å². The van der Waals surface area contributed by atoms with E-state index in [-0.39, 0.29) is 22.4 Å². The third-order valence-electron chi connectivity index (χ3n) is 4.40. The SMILES string of the molecule is COc1ccc(F)cc1CN1CCN(C(=O)c2nc(SC)ncc2Cl)CC1. The Bertz CT molecular complexity index is 831. The van der Waals surface area contributed by atoms with Gasteiger partial charge < -0.3 is 9.64 Å². The lowest BCUT2D eigenvalue weighted by atomic mass is 10.1. The molecule has 1 amide bonds. The van der Waals surface area contributed by atoms with E-state index in [1.807, 2.05) is 6.26 Å². The Balaban J connectivity index is 1.64. The molecule has 0 N–H and O–H groups in total. The normalized spacial score (nSPS) is 15.0. The van der Waals surface area contributed by atoms with Crippen LogP contribution >= 0.6 is 23.4 Å². The predicted molar refractivity (Wildman–Crippen MR) is 103 cm³/mol. The number of halogens is 2. The molecule has 0 bridgehead atoms. The van der Waals surface area contributed by atoms with E-state index in [1.54, 1.807) is 18.1 Å². The summed E-state index contributed by atoms with van der Waals surface area (Å²) >= 11 is 7.47. The first kappa shape index (κ1) is 19.9. The van der Waals surface area contributed by atoms with Crippen LogP contribution in [-0.4, -0.2) is 65.2 Å². The van der Waals surface area contributed by atoms with Gasteiger partial charge in [0, 0.05) is 38.3 Å². The third kappa shape index (κ3) is 4.69. The van der Waals surface area contributed by atoms with Crippen molar-refractivity contribution in [2.45, 2.75) is 11.7 Å². The molecule has 0 unspecified atom stereocenters. The Hall–Kier alpha value is -1.90. The number of rotatable bonds is 5. The molecule has 1 fully saturated rings. The van der Waals surface area contributed by atoms with Crippen molar-refractivity contribution < 1.29 is 13.9 Å². The number of amides is 1. The third-order valence-corrected chi connectivity index (χ3v) is 5.24. The number of benzene rings is 1. The zero-order valence-corrected chi connectivity index (χ0v) is 16.7. The Morgan fingerprint density at radius 1 is 1.33 bits per heavy atom. The van der Waals surface area contributed by atoms with Gasteiger partial charge in [-0.15, -0.1) is 0 Å². The van der Waals surface area contributed by atoms with E-state index in [1.165, 1.54) is 30.1 Å². The molecule has 6 nitrogen and oxygen atoms in total. The van der Waals surface area contributed by atoms with Gasteiger partial charge in [-0.2, -0.15) is 0 Å². The number of hydrogen-bond acceptors (Lipinski definition) is 6. The molecule has 3 rings (SSSR count). The number of hydrogen-bond donors (Lipinski definition) is 0. The van der Waals surface area contributed by atoms with Gasteiger partial charge in [0.05, 0.1) is 18.3 Å². The maximum Gasteiger partial charge on any atom is 0.274 e. The molecule has 1 aliphatic rings. The number of ether oxygens (including phenoxy) is 1. The smallest absolute Gasteiger partial charge is 0.274 e. The predicted octanol–water partition coefficient (Wildman–Crippen LogP) is 2.96. The van der Waals surface area contributed by atoms with Gasteiger partial charge in [0.25, 0.3) is 5.91 Å². The minimum atomic E-state index is -0.289. The van der Waals surface area contributed by atoms with Crippen molar-refractivity contribution in [3.05, 3.63) is 46.5 Å². The van der Waals surface area contributed by atoms with Gasteiger partial charge >= 0.3 is 0 Å². The Kier molecular flexibility index (Phi) is 6.51. The van der Waals surface area contributed by atoms with Crippen LogP contribution in [0.4, 0.5) is 4.39 Å². The quantitative estimate of drug-likeness (QED) is 0.558. The van der Waals surface area contributed by atoms with Crippen molar-refractivity contribution in [1.82, 2.24) is 19.8 Å². The molecule has 9 heteroatoms. The first-order valence-electron chi connectivity index (χ1n) is 8.42. The summed E-state index contributed by atoms with van der Waals surface area (Å²) in [5, 5.41) is 0.768. The molecule has 0 radical (unpaired) electrons. The molecule has 27 heavy (non-hydrogen) atoms. The number of thioether (sulfide) groups is 1. The van der Waals surface area contributed by atoms with Crippen LogP contribution in [-0.2, 0) is 6.54 Å². The van der Waals surface area contributed by atoms with Gasteiger partial charge in [0.1, 0.15) is 11.6 Å². The topological polar surface area (TPSA) is 58.6 Å². The van der Waals surface area contributed by atoms with Crippen molar-refractivity contribution in [3.63, 3.8) is 0 Å². The Morgan fingerprint density at radius 3 is 2.74 bits per heavy atom. The van der Waals surface area contributed by atoms with Crippen molar-refractivity contribution in [3.8, 4) is 5.75 Å². The van der Waals surface area contributed by atoms with Crippen molar-refractivity contribution in [1.29, 1.82) is 0 Å². The monoisotopic (exact) mass is 410 g/mol. The molecule has 2 heterocycles. The van der Waals surface area contributed by atoms with Gasteiger partial charge in [-0.25, -0.2) is 14.4 Å². The number of carbonyl (C=O) groups excluding carboxylic acids is 1. The molecule has 0 spiro atoms. The van der Waals surface area contributed by atoms with Crippen molar-refractivity contribution in [2.24, 2.45) is 0 Å². The summed E-state index contributed by atoms with van der Waals surface area (Å²) in [6.07, 6.45) is 3.30. The highest BCUT2D eigenvalue weighted by molar-refractivity contribution is 7.98. The highest BCUT2D eigenvalue weighted by atomic mass is 35.5. The second-order valence-electron chi connectivity index (χ2n) is 6.08. The van der Waals surface area contributed by atoms with Gasteiger partial charge in [-0.3, -0.25) is 9.69 Å². The molecular weight excluding hydrogens is 391 g/mol. The molecule has 144 valence electrons. The van der Waals surface area contributed by atoms with Crippen LogP contribution < -0.4 is 4.74 Å². The number of piperazine rings is 1. The summed E-state index contributed by atoms with van der Waals surface area (Å²) in [6, 6.07) is 4.50. The average Bonchev–Trinajstić information content (AvgIpc) is 2.69. The lowest BCUT2D eigenvalue weighted by Gasteiger charge is -2.34. The van der Waals surface area contributed by atoms with E-state index < -0.39 is 0 Å². The van der Waals surface area contributed by atoms with Crippen LogP contribution in [0.25, 0.3) is 0 Å². The number of nitrogens with zero attached hydrogens (tertiary/aromatic N) is 4. The summed E-state index contributed by atoms with van der Waals surface area (Å²) in [5.41, 5.74) is 1.03. The largest absolute Gasteiger partial charge is 0.496 e. The first-order valence-corrected chi connectivity index (χ1v) is 10.0. The summed E-state index contributed by atoms with van der Waals surface area (Å²) < 4.78 is 18.8. The second-order valence-corrected chi connectivity index (χ2v) is 7.26. The summed E-state index contributed by atoms with van der Waals surface area (Å²) in [6.45, 7) is 3.00. The highest BCUT2D eigenvalue weighted by Crippen LogP contribution is 2.23. The van der Waals surface area contributed by atoms with Gasteiger partial charge in [0.15, 0.2) is 10.9 Å². The molecule has 0 saturated carbocycles. The summed E-state index contributed by atoms with van der Waals surface area (Å²) in [5.74, 6) is 0.176.